The molecule has 0 aliphatic heterocycles. The van der Waals surface area contributed by atoms with Gasteiger partial charge in [-0.15, -0.1) is 11.3 Å². The van der Waals surface area contributed by atoms with Crippen LogP contribution in [-0.2, 0) is 0 Å². The van der Waals surface area contributed by atoms with Gasteiger partial charge in [-0.05, 0) is 30.9 Å². The second kappa shape index (κ2) is 3.43. The minimum atomic E-state index is -0.341. The molecule has 0 amide bonds. The van der Waals surface area contributed by atoms with E-state index in [1.807, 2.05) is 0 Å². The third kappa shape index (κ3) is 2.32. The molecule has 2 heteroatoms. The zero-order valence-electron chi connectivity index (χ0n) is 9.01. The Morgan fingerprint density at radius 3 is 2.15 bits per heavy atom. The second-order valence-corrected chi connectivity index (χ2v) is 5.96. The van der Waals surface area contributed by atoms with Crippen molar-refractivity contribution in [3.8, 4) is 0 Å². The molecule has 0 saturated carbocycles. The highest BCUT2D eigenvalue weighted by Crippen LogP contribution is 2.38. The van der Waals surface area contributed by atoms with E-state index in [9.17, 15) is 5.11 Å². The largest absolute Gasteiger partial charge is 0.387 e. The number of aryl methyl sites for hydroxylation is 2. The number of rotatable bonds is 1. The zero-order valence-corrected chi connectivity index (χ0v) is 9.83. The predicted octanol–water partition coefficient (Wildman–Crippen LogP) is 3.44. The Labute approximate surface area is 84.4 Å². The van der Waals surface area contributed by atoms with Gasteiger partial charge >= 0.3 is 0 Å². The van der Waals surface area contributed by atoms with E-state index in [1.165, 1.54) is 10.4 Å². The van der Waals surface area contributed by atoms with E-state index < -0.39 is 0 Å². The number of hydrogen-bond donors (Lipinski definition) is 1. The van der Waals surface area contributed by atoms with Crippen molar-refractivity contribution in [3.05, 3.63) is 21.4 Å². The van der Waals surface area contributed by atoms with E-state index >= 15 is 0 Å². The highest BCUT2D eigenvalue weighted by molar-refractivity contribution is 7.12. The lowest BCUT2D eigenvalue weighted by Gasteiger charge is -2.25. The van der Waals surface area contributed by atoms with Crippen LogP contribution in [0.3, 0.4) is 0 Å². The molecular weight excluding hydrogens is 180 g/mol. The van der Waals surface area contributed by atoms with Crippen LogP contribution < -0.4 is 0 Å². The van der Waals surface area contributed by atoms with Crippen LogP contribution in [0.1, 0.15) is 42.2 Å². The summed E-state index contributed by atoms with van der Waals surface area (Å²) in [6.45, 7) is 10.3. The second-order valence-electron chi connectivity index (χ2n) is 4.67. The molecule has 0 aliphatic carbocycles. The van der Waals surface area contributed by atoms with Crippen molar-refractivity contribution < 1.29 is 5.11 Å². The van der Waals surface area contributed by atoms with Gasteiger partial charge in [0, 0.05) is 9.75 Å². The molecule has 1 rings (SSSR count). The average Bonchev–Trinajstić information content (AvgIpc) is 2.26. The summed E-state index contributed by atoms with van der Waals surface area (Å²) in [6, 6.07) is 2.13. The lowest BCUT2D eigenvalue weighted by atomic mass is 9.87. The highest BCUT2D eigenvalue weighted by atomic mass is 32.1. The average molecular weight is 198 g/mol. The SMILES string of the molecule is Cc1cc(C)c(C(O)C(C)(C)C)s1. The number of aliphatic hydroxyl groups is 1. The zero-order chi connectivity index (χ0) is 10.2. The van der Waals surface area contributed by atoms with Crippen molar-refractivity contribution in [3.63, 3.8) is 0 Å². The van der Waals surface area contributed by atoms with E-state index in [1.54, 1.807) is 11.3 Å². The summed E-state index contributed by atoms with van der Waals surface area (Å²) in [4.78, 5) is 2.39. The van der Waals surface area contributed by atoms with Gasteiger partial charge in [0.05, 0.1) is 6.10 Å². The smallest absolute Gasteiger partial charge is 0.0932 e. The topological polar surface area (TPSA) is 20.2 Å². The first-order valence-corrected chi connectivity index (χ1v) is 5.39. The van der Waals surface area contributed by atoms with Gasteiger partial charge in [0.25, 0.3) is 0 Å². The lowest BCUT2D eigenvalue weighted by Crippen LogP contribution is -2.17. The molecule has 1 atom stereocenters. The minimum absolute atomic E-state index is 0.0674. The highest BCUT2D eigenvalue weighted by Gasteiger charge is 2.26. The van der Waals surface area contributed by atoms with E-state index in [-0.39, 0.29) is 11.5 Å². The Hall–Kier alpha value is -0.340. The molecule has 0 aromatic carbocycles. The van der Waals surface area contributed by atoms with Crippen LogP contribution in [0.4, 0.5) is 0 Å². The van der Waals surface area contributed by atoms with Gasteiger partial charge in [0.1, 0.15) is 0 Å². The summed E-state index contributed by atoms with van der Waals surface area (Å²) in [5.74, 6) is 0. The Balaban J connectivity index is 3.01. The molecule has 1 aromatic heterocycles. The summed E-state index contributed by atoms with van der Waals surface area (Å²) in [6.07, 6.45) is -0.341. The summed E-state index contributed by atoms with van der Waals surface area (Å²) < 4.78 is 0. The van der Waals surface area contributed by atoms with E-state index in [0.29, 0.717) is 0 Å². The van der Waals surface area contributed by atoms with Crippen LogP contribution in [0.25, 0.3) is 0 Å². The van der Waals surface area contributed by atoms with Gasteiger partial charge < -0.3 is 5.11 Å². The van der Waals surface area contributed by atoms with Crippen LogP contribution in [0.2, 0.25) is 0 Å². The van der Waals surface area contributed by atoms with Crippen LogP contribution in [-0.4, -0.2) is 5.11 Å². The Morgan fingerprint density at radius 1 is 1.31 bits per heavy atom. The molecule has 13 heavy (non-hydrogen) atoms. The maximum Gasteiger partial charge on any atom is 0.0932 e. The predicted molar refractivity (Wildman–Crippen MR) is 58.2 cm³/mol. The summed E-state index contributed by atoms with van der Waals surface area (Å²) >= 11 is 1.70. The fourth-order valence-corrected chi connectivity index (χ4v) is 2.59. The number of thiophene rings is 1. The molecule has 1 nitrogen and oxygen atoms in total. The first-order chi connectivity index (χ1) is 5.82. The third-order valence-electron chi connectivity index (χ3n) is 2.15. The van der Waals surface area contributed by atoms with Crippen molar-refractivity contribution in [1.82, 2.24) is 0 Å². The summed E-state index contributed by atoms with van der Waals surface area (Å²) in [5, 5.41) is 10.1. The van der Waals surface area contributed by atoms with Crippen molar-refractivity contribution in [1.29, 1.82) is 0 Å². The molecule has 0 spiro atoms. The van der Waals surface area contributed by atoms with E-state index in [4.69, 9.17) is 0 Å². The first kappa shape index (κ1) is 10.7. The number of hydrogen-bond acceptors (Lipinski definition) is 2. The van der Waals surface area contributed by atoms with Gasteiger partial charge in [-0.1, -0.05) is 20.8 Å². The van der Waals surface area contributed by atoms with Crippen LogP contribution >= 0.6 is 11.3 Å². The standard InChI is InChI=1S/C11H18OS/c1-7-6-8(2)13-9(7)10(12)11(3,4)5/h6,10,12H,1-5H3. The lowest BCUT2D eigenvalue weighted by molar-refractivity contribution is 0.0653. The van der Waals surface area contributed by atoms with Crippen molar-refractivity contribution in [2.75, 3.05) is 0 Å². The van der Waals surface area contributed by atoms with E-state index in [2.05, 4.69) is 40.7 Å². The monoisotopic (exact) mass is 198 g/mol. The molecular formula is C11H18OS. The van der Waals surface area contributed by atoms with Crippen LogP contribution in [0, 0.1) is 19.3 Å². The molecule has 74 valence electrons. The van der Waals surface area contributed by atoms with Crippen LogP contribution in [0.5, 0.6) is 0 Å². The molecule has 0 saturated heterocycles. The molecule has 0 radical (unpaired) electrons. The Bertz CT molecular complexity index is 294. The Kier molecular flexibility index (Phi) is 2.83. The molecule has 1 heterocycles. The minimum Gasteiger partial charge on any atom is -0.387 e. The van der Waals surface area contributed by atoms with Crippen molar-refractivity contribution in [2.45, 2.75) is 40.7 Å². The van der Waals surface area contributed by atoms with Gasteiger partial charge in [0.2, 0.25) is 0 Å². The van der Waals surface area contributed by atoms with Crippen molar-refractivity contribution in [2.24, 2.45) is 5.41 Å². The molecule has 0 aliphatic rings. The van der Waals surface area contributed by atoms with Crippen molar-refractivity contribution >= 4 is 11.3 Å². The van der Waals surface area contributed by atoms with Gasteiger partial charge in [0.15, 0.2) is 0 Å². The summed E-state index contributed by atoms with van der Waals surface area (Å²) in [5.41, 5.74) is 1.15. The van der Waals surface area contributed by atoms with Gasteiger partial charge in [-0.2, -0.15) is 0 Å². The fourth-order valence-electron chi connectivity index (χ4n) is 1.32. The number of aliphatic hydroxyl groups excluding tert-OH is 1. The maximum atomic E-state index is 10.1. The first-order valence-electron chi connectivity index (χ1n) is 4.57. The maximum absolute atomic E-state index is 10.1. The molecule has 0 bridgehead atoms. The normalized spacial score (nSPS) is 14.6. The van der Waals surface area contributed by atoms with E-state index in [0.717, 1.165) is 4.88 Å². The van der Waals surface area contributed by atoms with Crippen LogP contribution in [0.15, 0.2) is 6.07 Å². The van der Waals surface area contributed by atoms with Gasteiger partial charge in [-0.3, -0.25) is 0 Å². The Morgan fingerprint density at radius 2 is 1.85 bits per heavy atom. The summed E-state index contributed by atoms with van der Waals surface area (Å²) in [7, 11) is 0. The molecule has 0 fully saturated rings. The van der Waals surface area contributed by atoms with Gasteiger partial charge in [-0.25, -0.2) is 0 Å². The molecule has 1 unspecified atom stereocenters. The quantitative estimate of drug-likeness (QED) is 0.733. The molecule has 1 aromatic rings. The molecule has 1 N–H and O–H groups in total. The third-order valence-corrected chi connectivity index (χ3v) is 3.35. The fraction of sp³-hybridized carbons (Fsp3) is 0.636.